The Morgan fingerprint density at radius 2 is 1.75 bits per heavy atom. The summed E-state index contributed by atoms with van der Waals surface area (Å²) in [5, 5.41) is 7.63. The van der Waals surface area contributed by atoms with Crippen LogP contribution in [0.1, 0.15) is 25.9 Å². The van der Waals surface area contributed by atoms with Gasteiger partial charge in [0, 0.05) is 0 Å². The minimum Gasteiger partial charge on any atom is -0.497 e. The smallest absolute Gasteiger partial charge is 0.284 e. The molecule has 0 N–H and O–H groups in total. The first kappa shape index (κ1) is 14.5. The number of hydrogen-bond acceptors (Lipinski definition) is 7. The molecule has 8 nitrogen and oxygen atoms in total. The maximum atomic E-state index is 12.8. The number of ether oxygens (including phenoxy) is 1. The van der Waals surface area contributed by atoms with Crippen molar-refractivity contribution in [1.29, 1.82) is 0 Å². The first-order chi connectivity index (χ1) is 11.5. The molecule has 0 atom stereocenters. The molecular weight excluding hydrogens is 332 g/mol. The van der Waals surface area contributed by atoms with Gasteiger partial charge >= 0.3 is 0 Å². The lowest BCUT2D eigenvalue weighted by molar-refractivity contribution is 0.0925. The number of rotatable bonds is 2. The number of benzene rings is 1. The molecule has 0 aliphatic carbocycles. The number of aryl methyl sites for hydroxylation is 1. The number of aromatic nitrogens is 3. The molecule has 24 heavy (non-hydrogen) atoms. The van der Waals surface area contributed by atoms with Crippen molar-refractivity contribution in [2.45, 2.75) is 6.92 Å². The van der Waals surface area contributed by atoms with Gasteiger partial charge in [0.15, 0.2) is 0 Å². The molecule has 0 radical (unpaired) electrons. The molecule has 9 heteroatoms. The van der Waals surface area contributed by atoms with Crippen LogP contribution in [0.4, 0.5) is 5.69 Å². The van der Waals surface area contributed by atoms with E-state index in [-0.39, 0.29) is 21.2 Å². The third-order valence-corrected chi connectivity index (χ3v) is 4.77. The lowest BCUT2D eigenvalue weighted by Crippen LogP contribution is -2.31. The fourth-order valence-corrected chi connectivity index (χ4v) is 3.55. The van der Waals surface area contributed by atoms with Gasteiger partial charge in [0.2, 0.25) is 4.96 Å². The Kier molecular flexibility index (Phi) is 3.00. The van der Waals surface area contributed by atoms with E-state index in [1.165, 1.54) is 14.0 Å². The Balaban J connectivity index is 1.89. The molecule has 0 spiro atoms. The van der Waals surface area contributed by atoms with Gasteiger partial charge in [-0.15, -0.1) is 10.2 Å². The molecule has 0 fully saturated rings. The van der Waals surface area contributed by atoms with Gasteiger partial charge < -0.3 is 4.74 Å². The molecule has 1 aliphatic heterocycles. The van der Waals surface area contributed by atoms with E-state index in [0.717, 1.165) is 20.6 Å². The molecule has 120 valence electrons. The predicted octanol–water partition coefficient (Wildman–Crippen LogP) is 1.27. The van der Waals surface area contributed by atoms with Gasteiger partial charge in [0.1, 0.15) is 22.0 Å². The third kappa shape index (κ3) is 1.81. The number of thiazole rings is 1. The number of carbonyl (C=O) groups excluding carboxylic acids is 2. The van der Waals surface area contributed by atoms with Crippen molar-refractivity contribution >= 4 is 33.8 Å². The quantitative estimate of drug-likeness (QED) is 0.651. The van der Waals surface area contributed by atoms with E-state index >= 15 is 0 Å². The van der Waals surface area contributed by atoms with Crippen molar-refractivity contribution in [1.82, 2.24) is 14.6 Å². The van der Waals surface area contributed by atoms with Gasteiger partial charge in [-0.05, 0) is 31.2 Å². The summed E-state index contributed by atoms with van der Waals surface area (Å²) < 4.78 is 6.23. The standard InChI is InChI=1S/C15H10N4O4S/c1-7-12(20)19-10-11(24-15(19)17-16-7)14(22)18(13(10)21)8-3-5-9(23-2)6-4-8/h3-6H,1-2H3. The van der Waals surface area contributed by atoms with Crippen molar-refractivity contribution in [3.63, 3.8) is 0 Å². The number of carbonyl (C=O) groups is 2. The Morgan fingerprint density at radius 3 is 2.42 bits per heavy atom. The molecular formula is C15H10N4O4S. The summed E-state index contributed by atoms with van der Waals surface area (Å²) >= 11 is 0.980. The number of methoxy groups -OCH3 is 1. The van der Waals surface area contributed by atoms with E-state index in [4.69, 9.17) is 4.74 Å². The minimum atomic E-state index is -0.555. The van der Waals surface area contributed by atoms with E-state index in [1.54, 1.807) is 24.3 Å². The zero-order valence-electron chi connectivity index (χ0n) is 12.6. The Bertz CT molecular complexity index is 1070. The average molecular weight is 342 g/mol. The second-order valence-corrected chi connectivity index (χ2v) is 6.11. The zero-order chi connectivity index (χ0) is 17.0. The molecule has 3 aromatic rings. The zero-order valence-corrected chi connectivity index (χ0v) is 13.5. The first-order valence-electron chi connectivity index (χ1n) is 6.94. The van der Waals surface area contributed by atoms with Crippen LogP contribution in [0.25, 0.3) is 4.96 Å². The van der Waals surface area contributed by atoms with Crippen molar-refractivity contribution in [2.75, 3.05) is 12.0 Å². The molecule has 4 rings (SSSR count). The highest BCUT2D eigenvalue weighted by molar-refractivity contribution is 7.19. The molecule has 0 saturated carbocycles. The van der Waals surface area contributed by atoms with E-state index in [2.05, 4.69) is 10.2 Å². The third-order valence-electron chi connectivity index (χ3n) is 3.76. The summed E-state index contributed by atoms with van der Waals surface area (Å²) in [5.41, 5.74) is 0.166. The summed E-state index contributed by atoms with van der Waals surface area (Å²) in [6.45, 7) is 1.51. The number of fused-ring (bicyclic) bond motifs is 3. The van der Waals surface area contributed by atoms with Crippen molar-refractivity contribution in [3.8, 4) is 5.75 Å². The highest BCUT2D eigenvalue weighted by Crippen LogP contribution is 2.33. The van der Waals surface area contributed by atoms with Crippen LogP contribution in [0.5, 0.6) is 5.75 Å². The maximum Gasteiger partial charge on any atom is 0.284 e. The Hall–Kier alpha value is -3.07. The predicted molar refractivity (Wildman–Crippen MR) is 86.0 cm³/mol. The van der Waals surface area contributed by atoms with Crippen LogP contribution in [0.2, 0.25) is 0 Å². The number of amides is 2. The van der Waals surface area contributed by atoms with Crippen molar-refractivity contribution in [3.05, 3.63) is 50.9 Å². The van der Waals surface area contributed by atoms with Crippen LogP contribution < -0.4 is 15.2 Å². The highest BCUT2D eigenvalue weighted by Gasteiger charge is 2.41. The molecule has 2 amide bonds. The van der Waals surface area contributed by atoms with Gasteiger partial charge in [-0.1, -0.05) is 11.3 Å². The minimum absolute atomic E-state index is 0.0406. The lowest BCUT2D eigenvalue weighted by Gasteiger charge is -2.14. The van der Waals surface area contributed by atoms with Gasteiger partial charge in [0.25, 0.3) is 17.4 Å². The van der Waals surface area contributed by atoms with Crippen molar-refractivity contribution < 1.29 is 14.3 Å². The van der Waals surface area contributed by atoms with Crippen LogP contribution in [0.3, 0.4) is 0 Å². The average Bonchev–Trinajstić information content (AvgIpc) is 3.08. The molecule has 1 aromatic carbocycles. The molecule has 2 aromatic heterocycles. The largest absolute Gasteiger partial charge is 0.497 e. The summed E-state index contributed by atoms with van der Waals surface area (Å²) in [6, 6.07) is 6.53. The van der Waals surface area contributed by atoms with Crippen LogP contribution >= 0.6 is 11.3 Å². The summed E-state index contributed by atoms with van der Waals surface area (Å²) in [6.07, 6.45) is 0. The second kappa shape index (κ2) is 4.96. The second-order valence-electron chi connectivity index (χ2n) is 5.13. The summed E-state index contributed by atoms with van der Waals surface area (Å²) in [4.78, 5) is 39.2. The lowest BCUT2D eigenvalue weighted by atomic mass is 10.3. The van der Waals surface area contributed by atoms with Crippen LogP contribution in [0, 0.1) is 6.92 Å². The molecule has 0 saturated heterocycles. The van der Waals surface area contributed by atoms with Crippen LogP contribution in [-0.2, 0) is 0 Å². The summed E-state index contributed by atoms with van der Waals surface area (Å²) in [7, 11) is 1.53. The molecule has 0 bridgehead atoms. The number of hydrogen-bond donors (Lipinski definition) is 0. The van der Waals surface area contributed by atoms with Crippen LogP contribution in [-0.4, -0.2) is 33.5 Å². The van der Waals surface area contributed by atoms with E-state index in [9.17, 15) is 14.4 Å². The topological polar surface area (TPSA) is 93.9 Å². The molecule has 1 aliphatic rings. The van der Waals surface area contributed by atoms with Gasteiger partial charge in [-0.25, -0.2) is 9.30 Å². The highest BCUT2D eigenvalue weighted by atomic mass is 32.1. The van der Waals surface area contributed by atoms with E-state index < -0.39 is 17.4 Å². The number of nitrogens with zero attached hydrogens (tertiary/aromatic N) is 4. The molecule has 0 unspecified atom stereocenters. The normalized spacial score (nSPS) is 13.7. The Labute approximate surface area is 138 Å². The fourth-order valence-electron chi connectivity index (χ4n) is 2.56. The van der Waals surface area contributed by atoms with Crippen molar-refractivity contribution in [2.24, 2.45) is 0 Å². The van der Waals surface area contributed by atoms with Crippen LogP contribution in [0.15, 0.2) is 29.1 Å². The maximum absolute atomic E-state index is 12.8. The SMILES string of the molecule is COc1ccc(N2C(=O)c3sc4nnc(C)c(=O)n4c3C2=O)cc1. The fraction of sp³-hybridized carbons (Fsp3) is 0.133. The van der Waals surface area contributed by atoms with Gasteiger partial charge in [0.05, 0.1) is 12.8 Å². The van der Waals surface area contributed by atoms with E-state index in [1.807, 2.05) is 0 Å². The van der Waals surface area contributed by atoms with E-state index in [0.29, 0.717) is 11.4 Å². The first-order valence-corrected chi connectivity index (χ1v) is 7.76. The molecule has 3 heterocycles. The number of imide groups is 1. The van der Waals surface area contributed by atoms with Gasteiger partial charge in [-0.3, -0.25) is 14.4 Å². The van der Waals surface area contributed by atoms with Gasteiger partial charge in [-0.2, -0.15) is 0 Å². The monoisotopic (exact) mass is 342 g/mol. The summed E-state index contributed by atoms with van der Waals surface area (Å²) in [5.74, 6) is -0.422. The Morgan fingerprint density at radius 1 is 1.04 bits per heavy atom. The number of anilines is 1.